The Bertz CT molecular complexity index is 480. The number of hydrogen-bond donors (Lipinski definition) is 1. The Balaban J connectivity index is 2.39. The minimum Gasteiger partial charge on any atom is -0.305 e. The summed E-state index contributed by atoms with van der Waals surface area (Å²) in [5.74, 6) is 0. The monoisotopic (exact) mass is 260 g/mol. The molecule has 3 heteroatoms. The van der Waals surface area contributed by atoms with Crippen molar-refractivity contribution in [1.82, 2.24) is 10.3 Å². The fourth-order valence-electron chi connectivity index (χ4n) is 2.00. The van der Waals surface area contributed by atoms with Crippen LogP contribution in [0.4, 0.5) is 0 Å². The number of pyridine rings is 1. The average Bonchev–Trinajstić information content (AvgIpc) is 2.36. The molecule has 0 aliphatic heterocycles. The van der Waals surface area contributed by atoms with Crippen LogP contribution in [0.2, 0.25) is 5.02 Å². The first-order valence-corrected chi connectivity index (χ1v) is 6.50. The van der Waals surface area contributed by atoms with Crippen LogP contribution >= 0.6 is 11.6 Å². The zero-order valence-corrected chi connectivity index (χ0v) is 11.4. The van der Waals surface area contributed by atoms with Crippen molar-refractivity contribution in [2.75, 3.05) is 6.54 Å². The Kier molecular flexibility index (Phi) is 4.34. The molecular formula is C15H17ClN2. The van der Waals surface area contributed by atoms with Crippen LogP contribution in [0.25, 0.3) is 0 Å². The number of nitrogens with zero attached hydrogens (tertiary/aromatic N) is 1. The van der Waals surface area contributed by atoms with E-state index in [0.717, 1.165) is 22.8 Å². The van der Waals surface area contributed by atoms with E-state index in [0.29, 0.717) is 0 Å². The van der Waals surface area contributed by atoms with E-state index in [-0.39, 0.29) is 6.04 Å². The van der Waals surface area contributed by atoms with Crippen LogP contribution in [-0.4, -0.2) is 11.5 Å². The van der Waals surface area contributed by atoms with Crippen molar-refractivity contribution in [2.45, 2.75) is 19.9 Å². The molecule has 0 radical (unpaired) electrons. The highest BCUT2D eigenvalue weighted by atomic mass is 35.5. The Hall–Kier alpha value is -1.38. The number of benzene rings is 1. The molecule has 0 bridgehead atoms. The number of nitrogens with one attached hydrogen (secondary N) is 1. The summed E-state index contributed by atoms with van der Waals surface area (Å²) in [6, 6.07) is 12.1. The van der Waals surface area contributed by atoms with E-state index >= 15 is 0 Å². The van der Waals surface area contributed by atoms with E-state index < -0.39 is 0 Å². The molecule has 2 nitrogen and oxygen atoms in total. The van der Waals surface area contributed by atoms with Crippen molar-refractivity contribution >= 4 is 11.6 Å². The van der Waals surface area contributed by atoms with E-state index in [2.05, 4.69) is 36.3 Å². The first-order chi connectivity index (χ1) is 8.70. The van der Waals surface area contributed by atoms with Crippen LogP contribution in [0.15, 0.2) is 42.6 Å². The Morgan fingerprint density at radius 2 is 2.11 bits per heavy atom. The van der Waals surface area contributed by atoms with Gasteiger partial charge in [0.05, 0.1) is 11.7 Å². The Morgan fingerprint density at radius 1 is 1.28 bits per heavy atom. The van der Waals surface area contributed by atoms with Crippen molar-refractivity contribution in [1.29, 1.82) is 0 Å². The second kappa shape index (κ2) is 5.98. The number of hydrogen-bond acceptors (Lipinski definition) is 2. The van der Waals surface area contributed by atoms with E-state index in [9.17, 15) is 0 Å². The van der Waals surface area contributed by atoms with Crippen LogP contribution < -0.4 is 5.32 Å². The van der Waals surface area contributed by atoms with E-state index in [4.69, 9.17) is 11.6 Å². The van der Waals surface area contributed by atoms with Crippen molar-refractivity contribution in [2.24, 2.45) is 0 Å². The van der Waals surface area contributed by atoms with Crippen LogP contribution in [0.3, 0.4) is 0 Å². The zero-order chi connectivity index (χ0) is 13.0. The molecule has 1 heterocycles. The van der Waals surface area contributed by atoms with Gasteiger partial charge in [-0.05, 0) is 48.9 Å². The van der Waals surface area contributed by atoms with Crippen LogP contribution in [-0.2, 0) is 0 Å². The lowest BCUT2D eigenvalue weighted by atomic mass is 10.0. The van der Waals surface area contributed by atoms with E-state index in [1.54, 1.807) is 0 Å². The topological polar surface area (TPSA) is 24.9 Å². The minimum atomic E-state index is 0.0913. The summed E-state index contributed by atoms with van der Waals surface area (Å²) in [5.41, 5.74) is 3.38. The SMILES string of the molecule is CCNC(c1cccc(Cl)c1)c1cc(C)ccn1. The zero-order valence-electron chi connectivity index (χ0n) is 10.7. The normalized spacial score (nSPS) is 12.4. The first kappa shape index (κ1) is 13.1. The highest BCUT2D eigenvalue weighted by Gasteiger charge is 2.14. The predicted octanol–water partition coefficient (Wildman–Crippen LogP) is 3.74. The van der Waals surface area contributed by atoms with Gasteiger partial charge in [-0.3, -0.25) is 4.98 Å². The number of halogens is 1. The van der Waals surface area contributed by atoms with Gasteiger partial charge >= 0.3 is 0 Å². The quantitative estimate of drug-likeness (QED) is 0.906. The highest BCUT2D eigenvalue weighted by Crippen LogP contribution is 2.23. The summed E-state index contributed by atoms with van der Waals surface area (Å²) in [5, 5.41) is 4.20. The van der Waals surface area contributed by atoms with Crippen LogP contribution in [0.1, 0.15) is 29.8 Å². The molecule has 0 aliphatic carbocycles. The Morgan fingerprint density at radius 3 is 2.78 bits per heavy atom. The van der Waals surface area contributed by atoms with Gasteiger partial charge in [-0.1, -0.05) is 30.7 Å². The lowest BCUT2D eigenvalue weighted by molar-refractivity contribution is 0.615. The highest BCUT2D eigenvalue weighted by molar-refractivity contribution is 6.30. The summed E-state index contributed by atoms with van der Waals surface area (Å²) in [4.78, 5) is 4.46. The molecule has 0 amide bonds. The fraction of sp³-hybridized carbons (Fsp3) is 0.267. The third-order valence-electron chi connectivity index (χ3n) is 2.82. The molecule has 0 aliphatic rings. The van der Waals surface area contributed by atoms with E-state index in [1.165, 1.54) is 5.56 Å². The number of rotatable bonds is 4. The van der Waals surface area contributed by atoms with Gasteiger partial charge in [0.15, 0.2) is 0 Å². The van der Waals surface area contributed by atoms with Gasteiger partial charge in [-0.2, -0.15) is 0 Å². The lowest BCUT2D eigenvalue weighted by Gasteiger charge is -2.18. The molecule has 0 spiro atoms. The first-order valence-electron chi connectivity index (χ1n) is 6.12. The molecule has 2 aromatic rings. The molecule has 0 saturated carbocycles. The fourth-order valence-corrected chi connectivity index (χ4v) is 2.20. The van der Waals surface area contributed by atoms with Gasteiger partial charge in [0.2, 0.25) is 0 Å². The van der Waals surface area contributed by atoms with Gasteiger partial charge in [-0.25, -0.2) is 0 Å². The van der Waals surface area contributed by atoms with Crippen molar-refractivity contribution in [3.05, 3.63) is 64.4 Å². The van der Waals surface area contributed by atoms with E-state index in [1.807, 2.05) is 30.5 Å². The summed E-state index contributed by atoms with van der Waals surface area (Å²) < 4.78 is 0. The maximum absolute atomic E-state index is 6.06. The summed E-state index contributed by atoms with van der Waals surface area (Å²) in [7, 11) is 0. The smallest absolute Gasteiger partial charge is 0.0751 e. The van der Waals surface area contributed by atoms with Gasteiger partial charge in [-0.15, -0.1) is 0 Å². The molecule has 18 heavy (non-hydrogen) atoms. The van der Waals surface area contributed by atoms with Crippen molar-refractivity contribution in [3.63, 3.8) is 0 Å². The third-order valence-corrected chi connectivity index (χ3v) is 3.06. The maximum Gasteiger partial charge on any atom is 0.0751 e. The molecular weight excluding hydrogens is 244 g/mol. The second-order valence-corrected chi connectivity index (χ2v) is 4.74. The summed E-state index contributed by atoms with van der Waals surface area (Å²) in [6.45, 7) is 5.05. The van der Waals surface area contributed by atoms with Gasteiger partial charge in [0.1, 0.15) is 0 Å². The molecule has 0 fully saturated rings. The van der Waals surface area contributed by atoms with Crippen molar-refractivity contribution < 1.29 is 0 Å². The third kappa shape index (κ3) is 3.09. The van der Waals surface area contributed by atoms with Gasteiger partial charge in [0, 0.05) is 11.2 Å². The predicted molar refractivity (Wildman–Crippen MR) is 75.9 cm³/mol. The van der Waals surface area contributed by atoms with Crippen LogP contribution in [0.5, 0.6) is 0 Å². The lowest BCUT2D eigenvalue weighted by Crippen LogP contribution is -2.23. The second-order valence-electron chi connectivity index (χ2n) is 4.30. The minimum absolute atomic E-state index is 0.0913. The van der Waals surface area contributed by atoms with Gasteiger partial charge < -0.3 is 5.32 Å². The molecule has 1 N–H and O–H groups in total. The standard InChI is InChI=1S/C15H17ClN2/c1-3-17-15(12-5-4-6-13(16)10-12)14-9-11(2)7-8-18-14/h4-10,15,17H,3H2,1-2H3. The maximum atomic E-state index is 6.06. The number of aromatic nitrogens is 1. The molecule has 94 valence electrons. The molecule has 1 aromatic heterocycles. The molecule has 1 atom stereocenters. The molecule has 2 rings (SSSR count). The largest absolute Gasteiger partial charge is 0.305 e. The summed E-state index contributed by atoms with van der Waals surface area (Å²) >= 11 is 6.06. The average molecular weight is 261 g/mol. The van der Waals surface area contributed by atoms with Crippen LogP contribution in [0, 0.1) is 6.92 Å². The number of aryl methyl sites for hydroxylation is 1. The summed E-state index contributed by atoms with van der Waals surface area (Å²) in [6.07, 6.45) is 1.85. The molecule has 0 saturated heterocycles. The Labute approximate surface area is 113 Å². The van der Waals surface area contributed by atoms with Crippen molar-refractivity contribution in [3.8, 4) is 0 Å². The molecule has 1 unspecified atom stereocenters. The van der Waals surface area contributed by atoms with Gasteiger partial charge in [0.25, 0.3) is 0 Å². The molecule has 1 aromatic carbocycles.